The molecule has 0 bridgehead atoms. The summed E-state index contributed by atoms with van der Waals surface area (Å²) in [6, 6.07) is 17.8. The van der Waals surface area contributed by atoms with E-state index in [4.69, 9.17) is 4.74 Å². The van der Waals surface area contributed by atoms with Crippen LogP contribution in [0.4, 0.5) is 0 Å². The number of aryl methyl sites for hydroxylation is 1. The van der Waals surface area contributed by atoms with Gasteiger partial charge in [0, 0.05) is 11.1 Å². The standard InChI is InChI=1S/C22H30N2O/c1-3-19-5-7-20(8-6-19)17-23-13-15-24(16-14-23)18-21-9-11-22(12-10-21)25-4-2/h5-12H,3-4,13-18H2,1-2H3/p+2. The monoisotopic (exact) mass is 340 g/mol. The van der Waals surface area contributed by atoms with Gasteiger partial charge in [-0.3, -0.25) is 0 Å². The normalized spacial score (nSPS) is 20.4. The van der Waals surface area contributed by atoms with Crippen LogP contribution in [0.2, 0.25) is 0 Å². The first kappa shape index (κ1) is 18.0. The molecule has 0 aliphatic carbocycles. The molecule has 0 amide bonds. The predicted octanol–water partition coefficient (Wildman–Crippen LogP) is 1.13. The molecule has 2 N–H and O–H groups in total. The van der Waals surface area contributed by atoms with Crippen LogP contribution in [-0.2, 0) is 19.5 Å². The first-order chi connectivity index (χ1) is 12.3. The van der Waals surface area contributed by atoms with Gasteiger partial charge in [0.25, 0.3) is 0 Å². The van der Waals surface area contributed by atoms with Crippen molar-refractivity contribution in [2.75, 3.05) is 32.8 Å². The highest BCUT2D eigenvalue weighted by atomic mass is 16.5. The molecule has 1 aliphatic heterocycles. The van der Waals surface area contributed by atoms with Gasteiger partial charge in [0.05, 0.1) is 6.61 Å². The highest BCUT2D eigenvalue weighted by molar-refractivity contribution is 5.26. The van der Waals surface area contributed by atoms with Gasteiger partial charge in [0.1, 0.15) is 45.0 Å². The minimum Gasteiger partial charge on any atom is -0.494 e. The third-order valence-electron chi connectivity index (χ3n) is 5.24. The Morgan fingerprint density at radius 1 is 0.680 bits per heavy atom. The Morgan fingerprint density at radius 3 is 1.56 bits per heavy atom. The maximum Gasteiger partial charge on any atom is 0.127 e. The molecule has 2 aromatic carbocycles. The lowest BCUT2D eigenvalue weighted by Gasteiger charge is -2.29. The fourth-order valence-corrected chi connectivity index (χ4v) is 3.65. The Bertz CT molecular complexity index is 628. The van der Waals surface area contributed by atoms with Crippen molar-refractivity contribution in [1.29, 1.82) is 0 Å². The highest BCUT2D eigenvalue weighted by Crippen LogP contribution is 2.11. The van der Waals surface area contributed by atoms with Gasteiger partial charge in [-0.1, -0.05) is 31.2 Å². The minimum atomic E-state index is 0.733. The van der Waals surface area contributed by atoms with Crippen LogP contribution in [0.1, 0.15) is 30.5 Å². The van der Waals surface area contributed by atoms with Crippen molar-refractivity contribution in [3.05, 3.63) is 65.2 Å². The van der Waals surface area contributed by atoms with Crippen molar-refractivity contribution in [2.45, 2.75) is 33.4 Å². The van der Waals surface area contributed by atoms with Crippen molar-refractivity contribution >= 4 is 0 Å². The summed E-state index contributed by atoms with van der Waals surface area (Å²) in [5.74, 6) is 0.976. The Morgan fingerprint density at radius 2 is 1.12 bits per heavy atom. The average Bonchev–Trinajstić information content (AvgIpc) is 2.66. The number of hydrogen-bond donors (Lipinski definition) is 2. The highest BCUT2D eigenvalue weighted by Gasteiger charge is 2.23. The van der Waals surface area contributed by atoms with Gasteiger partial charge in [-0.25, -0.2) is 0 Å². The number of quaternary nitrogens is 2. The summed E-state index contributed by atoms with van der Waals surface area (Å²) in [6.45, 7) is 12.3. The minimum absolute atomic E-state index is 0.733. The van der Waals surface area contributed by atoms with E-state index in [0.717, 1.165) is 25.3 Å². The number of benzene rings is 2. The van der Waals surface area contributed by atoms with Gasteiger partial charge in [-0.05, 0) is 43.2 Å². The molecule has 2 aromatic rings. The lowest BCUT2D eigenvalue weighted by molar-refractivity contribution is -1.02. The van der Waals surface area contributed by atoms with Crippen molar-refractivity contribution < 1.29 is 14.5 Å². The molecular formula is C22H32N2O+2. The summed E-state index contributed by atoms with van der Waals surface area (Å²) in [4.78, 5) is 3.42. The zero-order valence-electron chi connectivity index (χ0n) is 15.7. The second kappa shape index (κ2) is 9.02. The van der Waals surface area contributed by atoms with Crippen LogP contribution in [0, 0.1) is 0 Å². The fraction of sp³-hybridized carbons (Fsp3) is 0.455. The van der Waals surface area contributed by atoms with E-state index in [1.807, 2.05) is 6.92 Å². The third-order valence-corrected chi connectivity index (χ3v) is 5.24. The molecule has 0 spiro atoms. The van der Waals surface area contributed by atoms with Crippen LogP contribution < -0.4 is 14.5 Å². The van der Waals surface area contributed by atoms with E-state index in [2.05, 4.69) is 55.5 Å². The van der Waals surface area contributed by atoms with Crippen molar-refractivity contribution in [1.82, 2.24) is 0 Å². The molecule has 1 heterocycles. The summed E-state index contributed by atoms with van der Waals surface area (Å²) in [6.07, 6.45) is 1.13. The third kappa shape index (κ3) is 5.32. The summed E-state index contributed by atoms with van der Waals surface area (Å²) in [5, 5.41) is 0. The number of piperazine rings is 1. The molecule has 25 heavy (non-hydrogen) atoms. The number of rotatable bonds is 7. The van der Waals surface area contributed by atoms with Gasteiger partial charge >= 0.3 is 0 Å². The Balaban J connectivity index is 1.44. The molecule has 0 aromatic heterocycles. The number of ether oxygens (including phenoxy) is 1. The van der Waals surface area contributed by atoms with E-state index >= 15 is 0 Å². The Kier molecular flexibility index (Phi) is 6.48. The lowest BCUT2D eigenvalue weighted by Crippen LogP contribution is -3.27. The summed E-state index contributed by atoms with van der Waals surface area (Å²) in [5.41, 5.74) is 4.32. The Hall–Kier alpha value is -1.84. The van der Waals surface area contributed by atoms with Crippen LogP contribution in [0.3, 0.4) is 0 Å². The van der Waals surface area contributed by atoms with E-state index in [1.165, 1.54) is 49.4 Å². The maximum absolute atomic E-state index is 5.53. The van der Waals surface area contributed by atoms with E-state index in [0.29, 0.717) is 0 Å². The van der Waals surface area contributed by atoms with Gasteiger partial charge in [0.15, 0.2) is 0 Å². The summed E-state index contributed by atoms with van der Waals surface area (Å²) >= 11 is 0. The molecule has 3 rings (SSSR count). The zero-order valence-corrected chi connectivity index (χ0v) is 15.7. The van der Waals surface area contributed by atoms with Crippen LogP contribution in [-0.4, -0.2) is 32.8 Å². The van der Waals surface area contributed by atoms with Gasteiger partial charge < -0.3 is 14.5 Å². The smallest absolute Gasteiger partial charge is 0.127 e. The average molecular weight is 341 g/mol. The van der Waals surface area contributed by atoms with Crippen molar-refractivity contribution in [3.8, 4) is 5.75 Å². The van der Waals surface area contributed by atoms with E-state index in [9.17, 15) is 0 Å². The maximum atomic E-state index is 5.53. The van der Waals surface area contributed by atoms with Crippen LogP contribution >= 0.6 is 0 Å². The second-order valence-electron chi connectivity index (χ2n) is 7.10. The molecule has 1 aliphatic rings. The fourth-order valence-electron chi connectivity index (χ4n) is 3.65. The van der Waals surface area contributed by atoms with Crippen molar-refractivity contribution in [3.63, 3.8) is 0 Å². The van der Waals surface area contributed by atoms with E-state index in [-0.39, 0.29) is 0 Å². The first-order valence-electron chi connectivity index (χ1n) is 9.73. The van der Waals surface area contributed by atoms with Gasteiger partial charge in [-0.2, -0.15) is 0 Å². The molecule has 0 radical (unpaired) electrons. The predicted molar refractivity (Wildman–Crippen MR) is 102 cm³/mol. The first-order valence-corrected chi connectivity index (χ1v) is 9.73. The van der Waals surface area contributed by atoms with Crippen molar-refractivity contribution in [2.24, 2.45) is 0 Å². The SMILES string of the molecule is CCOc1ccc(C[NH+]2CC[NH+](Cc3ccc(CC)cc3)CC2)cc1. The molecule has 3 heteroatoms. The molecule has 134 valence electrons. The van der Waals surface area contributed by atoms with Crippen LogP contribution in [0.5, 0.6) is 5.75 Å². The van der Waals surface area contributed by atoms with E-state index in [1.54, 1.807) is 9.80 Å². The summed E-state index contributed by atoms with van der Waals surface area (Å²) in [7, 11) is 0. The lowest BCUT2D eigenvalue weighted by atomic mass is 10.1. The largest absolute Gasteiger partial charge is 0.494 e. The Labute approximate surface area is 152 Å². The van der Waals surface area contributed by atoms with Gasteiger partial charge in [-0.15, -0.1) is 0 Å². The zero-order chi connectivity index (χ0) is 17.5. The number of hydrogen-bond acceptors (Lipinski definition) is 1. The molecule has 3 nitrogen and oxygen atoms in total. The molecule has 0 saturated carbocycles. The van der Waals surface area contributed by atoms with Crippen LogP contribution in [0.15, 0.2) is 48.5 Å². The molecule has 1 fully saturated rings. The number of nitrogens with one attached hydrogen (secondary N) is 2. The van der Waals surface area contributed by atoms with E-state index < -0.39 is 0 Å². The quantitative estimate of drug-likeness (QED) is 0.773. The molecule has 1 saturated heterocycles. The molecule has 0 unspecified atom stereocenters. The summed E-state index contributed by atoms with van der Waals surface area (Å²) < 4.78 is 5.53. The molecular weight excluding hydrogens is 308 g/mol. The topological polar surface area (TPSA) is 18.1 Å². The van der Waals surface area contributed by atoms with Crippen LogP contribution in [0.25, 0.3) is 0 Å². The second-order valence-corrected chi connectivity index (χ2v) is 7.10. The van der Waals surface area contributed by atoms with Gasteiger partial charge in [0.2, 0.25) is 0 Å². The molecule has 0 atom stereocenters.